The molecule has 26 heavy (non-hydrogen) atoms. The van der Waals surface area contributed by atoms with E-state index in [2.05, 4.69) is 25.6 Å². The standard InChI is InChI=1S/C19H21N5O2/c1-4-21-19(26)24-18-22-15-9-13(12-6-5-7-20-10-12)8-14(16(15)23-18)17(25)11(2)3/h5-11H,4H2,1-3H3,(H3,21,22,23,24,26). The van der Waals surface area contributed by atoms with E-state index < -0.39 is 0 Å². The van der Waals surface area contributed by atoms with Crippen LogP contribution < -0.4 is 10.6 Å². The molecule has 0 bridgehead atoms. The number of nitrogens with zero attached hydrogens (tertiary/aromatic N) is 2. The van der Waals surface area contributed by atoms with Crippen molar-refractivity contribution in [3.63, 3.8) is 0 Å². The molecule has 0 unspecified atom stereocenters. The van der Waals surface area contributed by atoms with E-state index in [4.69, 9.17) is 0 Å². The van der Waals surface area contributed by atoms with Gasteiger partial charge in [-0.15, -0.1) is 0 Å². The molecule has 7 nitrogen and oxygen atoms in total. The van der Waals surface area contributed by atoms with Crippen molar-refractivity contribution < 1.29 is 9.59 Å². The van der Waals surface area contributed by atoms with Gasteiger partial charge in [-0.05, 0) is 30.7 Å². The average molecular weight is 351 g/mol. The van der Waals surface area contributed by atoms with Crippen molar-refractivity contribution in [3.05, 3.63) is 42.2 Å². The zero-order valence-corrected chi connectivity index (χ0v) is 15.0. The van der Waals surface area contributed by atoms with E-state index in [1.54, 1.807) is 12.4 Å². The van der Waals surface area contributed by atoms with Crippen LogP contribution in [0.5, 0.6) is 0 Å². The minimum Gasteiger partial charge on any atom is -0.338 e. The number of urea groups is 1. The molecule has 7 heteroatoms. The van der Waals surface area contributed by atoms with E-state index >= 15 is 0 Å². The summed E-state index contributed by atoms with van der Waals surface area (Å²) in [7, 11) is 0. The Labute approximate surface area is 151 Å². The molecule has 134 valence electrons. The van der Waals surface area contributed by atoms with Gasteiger partial charge in [0.1, 0.15) is 5.52 Å². The number of aromatic nitrogens is 3. The molecule has 3 N–H and O–H groups in total. The number of anilines is 1. The number of pyridine rings is 1. The molecule has 3 rings (SSSR count). The number of ketones is 1. The summed E-state index contributed by atoms with van der Waals surface area (Å²) < 4.78 is 0. The molecule has 0 radical (unpaired) electrons. The van der Waals surface area contributed by atoms with Gasteiger partial charge in [0.2, 0.25) is 5.95 Å². The van der Waals surface area contributed by atoms with E-state index in [9.17, 15) is 9.59 Å². The van der Waals surface area contributed by atoms with E-state index in [-0.39, 0.29) is 17.7 Å². The smallest absolute Gasteiger partial charge is 0.321 e. The fraction of sp³-hybridized carbons (Fsp3) is 0.263. The largest absolute Gasteiger partial charge is 0.338 e. The van der Waals surface area contributed by atoms with Gasteiger partial charge in [-0.3, -0.25) is 15.1 Å². The third kappa shape index (κ3) is 3.56. The molecule has 0 aliphatic heterocycles. The molecule has 0 saturated carbocycles. The minimum absolute atomic E-state index is 0.00296. The first-order valence-electron chi connectivity index (χ1n) is 8.52. The highest BCUT2D eigenvalue weighted by molar-refractivity contribution is 6.09. The number of nitrogens with one attached hydrogen (secondary N) is 3. The van der Waals surface area contributed by atoms with Gasteiger partial charge < -0.3 is 10.3 Å². The van der Waals surface area contributed by atoms with Gasteiger partial charge >= 0.3 is 6.03 Å². The SMILES string of the molecule is CCNC(=O)Nc1nc2c(C(=O)C(C)C)cc(-c3cccnc3)cc2[nH]1. The third-order valence-corrected chi connectivity index (χ3v) is 3.94. The Morgan fingerprint density at radius 3 is 2.69 bits per heavy atom. The number of imidazole rings is 1. The van der Waals surface area contributed by atoms with Crippen LogP contribution in [0.1, 0.15) is 31.1 Å². The van der Waals surface area contributed by atoms with Crippen molar-refractivity contribution in [2.45, 2.75) is 20.8 Å². The Hall–Kier alpha value is -3.22. The molecule has 2 heterocycles. The topological polar surface area (TPSA) is 99.8 Å². The molecule has 0 atom stereocenters. The second-order valence-corrected chi connectivity index (χ2v) is 6.25. The number of amides is 2. The lowest BCUT2D eigenvalue weighted by Crippen LogP contribution is -2.28. The van der Waals surface area contributed by atoms with Crippen LogP contribution in [0, 0.1) is 5.92 Å². The molecule has 0 spiro atoms. The van der Waals surface area contributed by atoms with Gasteiger partial charge in [0, 0.05) is 36.0 Å². The van der Waals surface area contributed by atoms with E-state index in [1.807, 2.05) is 45.0 Å². The van der Waals surface area contributed by atoms with Crippen LogP contribution in [-0.4, -0.2) is 33.3 Å². The van der Waals surface area contributed by atoms with Crippen molar-refractivity contribution in [2.24, 2.45) is 5.92 Å². The molecule has 2 amide bonds. The summed E-state index contributed by atoms with van der Waals surface area (Å²) in [5.41, 5.74) is 3.52. The molecule has 2 aromatic heterocycles. The molecule has 0 aliphatic carbocycles. The Morgan fingerprint density at radius 2 is 2.04 bits per heavy atom. The Kier molecular flexibility index (Phi) is 4.97. The number of carbonyl (C=O) groups excluding carboxylic acids is 2. The highest BCUT2D eigenvalue weighted by Gasteiger charge is 2.19. The van der Waals surface area contributed by atoms with Crippen LogP contribution in [0.3, 0.4) is 0 Å². The van der Waals surface area contributed by atoms with Gasteiger partial charge in [0.05, 0.1) is 5.52 Å². The fourth-order valence-corrected chi connectivity index (χ4v) is 2.69. The summed E-state index contributed by atoms with van der Waals surface area (Å²) in [6.07, 6.45) is 3.45. The number of hydrogen-bond acceptors (Lipinski definition) is 4. The Bertz CT molecular complexity index is 947. The van der Waals surface area contributed by atoms with Crippen molar-refractivity contribution in [2.75, 3.05) is 11.9 Å². The summed E-state index contributed by atoms with van der Waals surface area (Å²) in [4.78, 5) is 36.1. The first-order valence-corrected chi connectivity index (χ1v) is 8.52. The lowest BCUT2D eigenvalue weighted by atomic mass is 9.96. The molecule has 0 saturated heterocycles. The lowest BCUT2D eigenvalue weighted by Gasteiger charge is -2.08. The number of carbonyl (C=O) groups is 2. The van der Waals surface area contributed by atoms with Crippen LogP contribution in [0.2, 0.25) is 0 Å². The van der Waals surface area contributed by atoms with Crippen LogP contribution in [-0.2, 0) is 0 Å². The van der Waals surface area contributed by atoms with Crippen LogP contribution >= 0.6 is 0 Å². The number of hydrogen-bond donors (Lipinski definition) is 3. The average Bonchev–Trinajstić information content (AvgIpc) is 3.03. The van der Waals surface area contributed by atoms with Crippen molar-refractivity contribution in [3.8, 4) is 11.1 Å². The number of fused-ring (bicyclic) bond motifs is 1. The summed E-state index contributed by atoms with van der Waals surface area (Å²) >= 11 is 0. The van der Waals surface area contributed by atoms with Gasteiger partial charge in [0.15, 0.2) is 5.78 Å². The number of rotatable bonds is 5. The van der Waals surface area contributed by atoms with E-state index in [0.717, 1.165) is 11.1 Å². The number of H-pyrrole nitrogens is 1. The van der Waals surface area contributed by atoms with Gasteiger partial charge in [-0.2, -0.15) is 0 Å². The van der Waals surface area contributed by atoms with Crippen molar-refractivity contribution in [1.29, 1.82) is 0 Å². The molecular formula is C19H21N5O2. The Morgan fingerprint density at radius 1 is 1.23 bits per heavy atom. The molecule has 0 fully saturated rings. The predicted molar refractivity (Wildman–Crippen MR) is 101 cm³/mol. The zero-order chi connectivity index (χ0) is 18.7. The maximum atomic E-state index is 12.7. The van der Waals surface area contributed by atoms with Crippen LogP contribution in [0.25, 0.3) is 22.2 Å². The molecule has 1 aromatic carbocycles. The van der Waals surface area contributed by atoms with Crippen LogP contribution in [0.15, 0.2) is 36.7 Å². The summed E-state index contributed by atoms with van der Waals surface area (Å²) in [5, 5.41) is 5.29. The van der Waals surface area contributed by atoms with Crippen molar-refractivity contribution >= 4 is 28.8 Å². The quantitative estimate of drug-likeness (QED) is 0.611. The minimum atomic E-state index is -0.351. The molecular weight excluding hydrogens is 330 g/mol. The summed E-state index contributed by atoms with van der Waals surface area (Å²) in [6.45, 7) is 6.04. The zero-order valence-electron chi connectivity index (χ0n) is 15.0. The number of Topliss-reactive ketones (excluding diaryl/α,β-unsaturated/α-hetero) is 1. The predicted octanol–water partition coefficient (Wildman–Crippen LogP) is 3.61. The number of aromatic amines is 1. The maximum Gasteiger partial charge on any atom is 0.321 e. The number of benzene rings is 1. The maximum absolute atomic E-state index is 12.7. The third-order valence-electron chi connectivity index (χ3n) is 3.94. The lowest BCUT2D eigenvalue weighted by molar-refractivity contribution is 0.0941. The van der Waals surface area contributed by atoms with Gasteiger partial charge in [-0.1, -0.05) is 19.9 Å². The van der Waals surface area contributed by atoms with Gasteiger partial charge in [-0.25, -0.2) is 9.78 Å². The second kappa shape index (κ2) is 7.35. The van der Waals surface area contributed by atoms with E-state index in [0.29, 0.717) is 29.1 Å². The Balaban J connectivity index is 2.12. The van der Waals surface area contributed by atoms with Gasteiger partial charge in [0.25, 0.3) is 0 Å². The summed E-state index contributed by atoms with van der Waals surface area (Å²) in [5.74, 6) is 0.128. The second-order valence-electron chi connectivity index (χ2n) is 6.25. The highest BCUT2D eigenvalue weighted by Crippen LogP contribution is 2.28. The normalized spacial score (nSPS) is 10.9. The van der Waals surface area contributed by atoms with Crippen LogP contribution in [0.4, 0.5) is 10.7 Å². The van der Waals surface area contributed by atoms with Crippen molar-refractivity contribution in [1.82, 2.24) is 20.3 Å². The monoisotopic (exact) mass is 351 g/mol. The highest BCUT2D eigenvalue weighted by atomic mass is 16.2. The molecule has 0 aliphatic rings. The first-order chi connectivity index (χ1) is 12.5. The summed E-state index contributed by atoms with van der Waals surface area (Å²) in [6, 6.07) is 7.16. The fourth-order valence-electron chi connectivity index (χ4n) is 2.69. The first kappa shape index (κ1) is 17.6. The van der Waals surface area contributed by atoms with E-state index in [1.165, 1.54) is 0 Å². The molecule has 3 aromatic rings.